The fourth-order valence-corrected chi connectivity index (χ4v) is 4.00. The highest BCUT2D eigenvalue weighted by atomic mass is 35.5. The molecule has 1 heterocycles. The molecule has 0 saturated carbocycles. The fraction of sp³-hybridized carbons (Fsp3) is 0.350. The minimum Gasteiger partial charge on any atom is -0.497 e. The van der Waals surface area contributed by atoms with Gasteiger partial charge in [-0.05, 0) is 42.5 Å². The number of anilines is 1. The van der Waals surface area contributed by atoms with Gasteiger partial charge in [-0.2, -0.15) is 0 Å². The van der Waals surface area contributed by atoms with Crippen LogP contribution in [-0.2, 0) is 4.79 Å². The van der Waals surface area contributed by atoms with Crippen molar-refractivity contribution in [1.82, 2.24) is 4.90 Å². The highest BCUT2D eigenvalue weighted by Crippen LogP contribution is 2.23. The summed E-state index contributed by atoms with van der Waals surface area (Å²) in [7, 11) is 1.66. The molecule has 1 fully saturated rings. The van der Waals surface area contributed by atoms with Gasteiger partial charge in [0.25, 0.3) is 0 Å². The molecule has 0 aromatic heterocycles. The average Bonchev–Trinajstić information content (AvgIpc) is 2.68. The maximum absolute atomic E-state index is 12.4. The Hall–Kier alpha value is -1.85. The molecule has 1 aliphatic heterocycles. The molecule has 2 aromatic rings. The van der Waals surface area contributed by atoms with Gasteiger partial charge in [0.1, 0.15) is 5.75 Å². The third-order valence-electron chi connectivity index (χ3n) is 4.45. The van der Waals surface area contributed by atoms with Crippen LogP contribution < -0.4 is 9.64 Å². The van der Waals surface area contributed by atoms with E-state index in [0.29, 0.717) is 6.42 Å². The Labute approximate surface area is 164 Å². The lowest BCUT2D eigenvalue weighted by Gasteiger charge is -2.36. The maximum atomic E-state index is 12.4. The quantitative estimate of drug-likeness (QED) is 0.693. The first-order chi connectivity index (χ1) is 12.7. The van der Waals surface area contributed by atoms with Crippen LogP contribution in [0.5, 0.6) is 5.75 Å². The smallest absolute Gasteiger partial charge is 0.223 e. The van der Waals surface area contributed by atoms with Gasteiger partial charge < -0.3 is 14.5 Å². The van der Waals surface area contributed by atoms with Crippen LogP contribution in [0.15, 0.2) is 53.4 Å². The molecule has 0 unspecified atom stereocenters. The summed E-state index contributed by atoms with van der Waals surface area (Å²) in [6.45, 7) is 3.21. The van der Waals surface area contributed by atoms with Crippen LogP contribution in [0.2, 0.25) is 5.02 Å². The molecule has 0 bridgehead atoms. The summed E-state index contributed by atoms with van der Waals surface area (Å²) in [5, 5.41) is 0.747. The number of ether oxygens (including phenoxy) is 1. The lowest BCUT2D eigenvalue weighted by molar-refractivity contribution is -0.131. The summed E-state index contributed by atoms with van der Waals surface area (Å²) in [6, 6.07) is 15.8. The normalized spacial score (nSPS) is 14.4. The minimum atomic E-state index is 0.233. The van der Waals surface area contributed by atoms with E-state index in [2.05, 4.69) is 11.0 Å². The van der Waals surface area contributed by atoms with E-state index in [4.69, 9.17) is 16.3 Å². The zero-order chi connectivity index (χ0) is 18.4. The standard InChI is InChI=1S/C20H23ClN2O2S/c1-25-18-5-7-19(8-6-18)26-14-9-20(24)23-12-10-22(11-13-23)17-4-2-3-16(21)15-17/h2-8,15H,9-14H2,1H3. The lowest BCUT2D eigenvalue weighted by atomic mass is 10.2. The number of amides is 1. The van der Waals surface area contributed by atoms with Crippen LogP contribution >= 0.6 is 23.4 Å². The summed E-state index contributed by atoms with van der Waals surface area (Å²) < 4.78 is 5.16. The Balaban J connectivity index is 1.42. The van der Waals surface area contributed by atoms with Crippen LogP contribution in [-0.4, -0.2) is 49.8 Å². The van der Waals surface area contributed by atoms with Gasteiger partial charge in [0.2, 0.25) is 5.91 Å². The van der Waals surface area contributed by atoms with Gasteiger partial charge in [-0.15, -0.1) is 11.8 Å². The number of piperazine rings is 1. The molecule has 4 nitrogen and oxygen atoms in total. The Bertz CT molecular complexity index is 731. The first kappa shape index (κ1) is 18.9. The molecule has 0 spiro atoms. The Morgan fingerprint density at radius 3 is 2.50 bits per heavy atom. The number of benzene rings is 2. The molecule has 138 valence electrons. The van der Waals surface area contributed by atoms with Crippen LogP contribution in [0, 0.1) is 0 Å². The predicted octanol–water partition coefficient (Wildman–Crippen LogP) is 4.18. The lowest BCUT2D eigenvalue weighted by Crippen LogP contribution is -2.48. The number of rotatable bonds is 6. The van der Waals surface area contributed by atoms with Crippen LogP contribution in [0.3, 0.4) is 0 Å². The second-order valence-corrected chi connectivity index (χ2v) is 7.73. The number of nitrogens with zero attached hydrogens (tertiary/aromatic N) is 2. The van der Waals surface area contributed by atoms with Gasteiger partial charge in [-0.3, -0.25) is 4.79 Å². The highest BCUT2D eigenvalue weighted by Gasteiger charge is 2.21. The number of hydrogen-bond acceptors (Lipinski definition) is 4. The molecule has 2 aromatic carbocycles. The van der Waals surface area contributed by atoms with Crippen molar-refractivity contribution in [3.63, 3.8) is 0 Å². The maximum Gasteiger partial charge on any atom is 0.223 e. The molecule has 26 heavy (non-hydrogen) atoms. The Kier molecular flexibility index (Phi) is 6.69. The molecule has 6 heteroatoms. The second kappa shape index (κ2) is 9.19. The third kappa shape index (κ3) is 5.08. The van der Waals surface area contributed by atoms with Crippen molar-refractivity contribution in [2.75, 3.05) is 43.9 Å². The first-order valence-corrected chi connectivity index (χ1v) is 10.1. The fourth-order valence-electron chi connectivity index (χ4n) is 2.97. The highest BCUT2D eigenvalue weighted by molar-refractivity contribution is 7.99. The molecule has 3 rings (SSSR count). The van der Waals surface area contributed by atoms with Gasteiger partial charge in [-0.25, -0.2) is 0 Å². The molecule has 0 aliphatic carbocycles. The van der Waals surface area contributed by atoms with Crippen molar-refractivity contribution in [3.05, 3.63) is 53.6 Å². The van der Waals surface area contributed by atoms with Gasteiger partial charge in [0.15, 0.2) is 0 Å². The SMILES string of the molecule is COc1ccc(SCCC(=O)N2CCN(c3cccc(Cl)c3)CC2)cc1. The molecular formula is C20H23ClN2O2S. The number of thioether (sulfide) groups is 1. The summed E-state index contributed by atoms with van der Waals surface area (Å²) >= 11 is 7.77. The van der Waals surface area contributed by atoms with Crippen molar-refractivity contribution in [2.24, 2.45) is 0 Å². The number of halogens is 1. The molecule has 1 aliphatic rings. The Morgan fingerprint density at radius 2 is 1.85 bits per heavy atom. The monoisotopic (exact) mass is 390 g/mol. The molecule has 0 N–H and O–H groups in total. The summed E-state index contributed by atoms with van der Waals surface area (Å²) in [4.78, 5) is 17.8. The van der Waals surface area contributed by atoms with E-state index in [1.807, 2.05) is 47.4 Å². The van der Waals surface area contributed by atoms with E-state index in [1.54, 1.807) is 18.9 Å². The van der Waals surface area contributed by atoms with E-state index in [-0.39, 0.29) is 5.91 Å². The van der Waals surface area contributed by atoms with E-state index in [0.717, 1.165) is 53.3 Å². The molecular weight excluding hydrogens is 368 g/mol. The largest absolute Gasteiger partial charge is 0.497 e. The van der Waals surface area contributed by atoms with Crippen LogP contribution in [0.4, 0.5) is 5.69 Å². The second-order valence-electron chi connectivity index (χ2n) is 6.12. The minimum absolute atomic E-state index is 0.233. The van der Waals surface area contributed by atoms with E-state index in [9.17, 15) is 4.79 Å². The van der Waals surface area contributed by atoms with Crippen molar-refractivity contribution in [2.45, 2.75) is 11.3 Å². The average molecular weight is 391 g/mol. The predicted molar refractivity (Wildman–Crippen MR) is 109 cm³/mol. The summed E-state index contributed by atoms with van der Waals surface area (Å²) in [5.41, 5.74) is 1.12. The molecule has 1 saturated heterocycles. The van der Waals surface area contributed by atoms with E-state index in [1.165, 1.54) is 0 Å². The van der Waals surface area contributed by atoms with E-state index < -0.39 is 0 Å². The van der Waals surface area contributed by atoms with Crippen molar-refractivity contribution in [1.29, 1.82) is 0 Å². The summed E-state index contributed by atoms with van der Waals surface area (Å²) in [5.74, 6) is 1.87. The van der Waals surface area contributed by atoms with E-state index >= 15 is 0 Å². The number of methoxy groups -OCH3 is 1. The van der Waals surface area contributed by atoms with Crippen molar-refractivity contribution >= 4 is 35.0 Å². The number of carbonyl (C=O) groups excluding carboxylic acids is 1. The zero-order valence-corrected chi connectivity index (χ0v) is 16.4. The first-order valence-electron chi connectivity index (χ1n) is 8.71. The molecule has 0 atom stereocenters. The Morgan fingerprint density at radius 1 is 1.12 bits per heavy atom. The number of carbonyl (C=O) groups is 1. The van der Waals surface area contributed by atoms with Gasteiger partial charge in [-0.1, -0.05) is 17.7 Å². The van der Waals surface area contributed by atoms with Crippen LogP contribution in [0.1, 0.15) is 6.42 Å². The van der Waals surface area contributed by atoms with Gasteiger partial charge >= 0.3 is 0 Å². The van der Waals surface area contributed by atoms with Crippen molar-refractivity contribution in [3.8, 4) is 5.75 Å². The topological polar surface area (TPSA) is 32.8 Å². The molecule has 0 radical (unpaired) electrons. The zero-order valence-electron chi connectivity index (χ0n) is 14.9. The van der Waals surface area contributed by atoms with Crippen LogP contribution in [0.25, 0.3) is 0 Å². The van der Waals surface area contributed by atoms with Gasteiger partial charge in [0, 0.05) is 54.0 Å². The molecule has 1 amide bonds. The summed E-state index contributed by atoms with van der Waals surface area (Å²) in [6.07, 6.45) is 0.563. The van der Waals surface area contributed by atoms with Crippen molar-refractivity contribution < 1.29 is 9.53 Å². The number of hydrogen-bond donors (Lipinski definition) is 0. The third-order valence-corrected chi connectivity index (χ3v) is 5.70. The van der Waals surface area contributed by atoms with Gasteiger partial charge in [0.05, 0.1) is 7.11 Å².